The fourth-order valence-corrected chi connectivity index (χ4v) is 3.60. The molecular formula is C18H39N3. The Morgan fingerprint density at radius 3 is 1.52 bits per heavy atom. The van der Waals surface area contributed by atoms with Gasteiger partial charge in [0.05, 0.1) is 0 Å². The van der Waals surface area contributed by atoms with Crippen LogP contribution in [0.1, 0.15) is 70.6 Å². The lowest BCUT2D eigenvalue weighted by Crippen LogP contribution is -2.53. The number of hydrogen-bond acceptors (Lipinski definition) is 3. The van der Waals surface area contributed by atoms with E-state index in [0.717, 1.165) is 19.6 Å². The third kappa shape index (κ3) is 7.12. The van der Waals surface area contributed by atoms with Crippen molar-refractivity contribution in [1.29, 1.82) is 0 Å². The van der Waals surface area contributed by atoms with Crippen molar-refractivity contribution in [2.24, 2.45) is 5.73 Å². The maximum Gasteiger partial charge on any atom is 0.0329 e. The van der Waals surface area contributed by atoms with E-state index < -0.39 is 0 Å². The summed E-state index contributed by atoms with van der Waals surface area (Å²) >= 11 is 0. The average Bonchev–Trinajstić information content (AvgIpc) is 2.46. The van der Waals surface area contributed by atoms with Gasteiger partial charge in [0.15, 0.2) is 0 Å². The Hall–Kier alpha value is -0.120. The van der Waals surface area contributed by atoms with Gasteiger partial charge < -0.3 is 10.6 Å². The number of nitrogens with two attached hydrogens (primary N) is 1. The quantitative estimate of drug-likeness (QED) is 0.843. The number of likely N-dealkylation sites (N-methyl/N-ethyl adjacent to an activating group) is 2. The summed E-state index contributed by atoms with van der Waals surface area (Å²) in [5, 5.41) is 0. The first-order valence-corrected chi connectivity index (χ1v) is 9.17. The third-order valence-electron chi connectivity index (χ3n) is 5.36. The fraction of sp³-hybridized carbons (Fsp3) is 1.00. The highest BCUT2D eigenvalue weighted by Crippen LogP contribution is 2.28. The maximum atomic E-state index is 6.27. The molecule has 0 amide bonds. The van der Waals surface area contributed by atoms with Crippen molar-refractivity contribution in [1.82, 2.24) is 9.80 Å². The van der Waals surface area contributed by atoms with Crippen LogP contribution in [-0.4, -0.2) is 56.1 Å². The Morgan fingerprint density at radius 1 is 0.714 bits per heavy atom. The van der Waals surface area contributed by atoms with E-state index >= 15 is 0 Å². The topological polar surface area (TPSA) is 32.5 Å². The molecule has 21 heavy (non-hydrogen) atoms. The van der Waals surface area contributed by atoms with Gasteiger partial charge in [0.2, 0.25) is 0 Å². The second-order valence-electron chi connectivity index (χ2n) is 7.34. The van der Waals surface area contributed by atoms with Gasteiger partial charge in [-0.2, -0.15) is 0 Å². The van der Waals surface area contributed by atoms with E-state index in [1.54, 1.807) is 0 Å². The first-order valence-electron chi connectivity index (χ1n) is 9.17. The predicted octanol–water partition coefficient (Wildman–Crippen LogP) is 3.48. The zero-order valence-electron chi connectivity index (χ0n) is 14.9. The Labute approximate surface area is 133 Å². The highest BCUT2D eigenvalue weighted by molar-refractivity contribution is 4.90. The molecular weight excluding hydrogens is 258 g/mol. The normalized spacial score (nSPS) is 22.0. The van der Waals surface area contributed by atoms with Crippen LogP contribution in [0.4, 0.5) is 0 Å². The molecule has 126 valence electrons. The number of rotatable bonds is 5. The third-order valence-corrected chi connectivity index (χ3v) is 5.36. The van der Waals surface area contributed by atoms with Gasteiger partial charge in [-0.05, 0) is 34.0 Å². The van der Waals surface area contributed by atoms with Gasteiger partial charge in [0.25, 0.3) is 0 Å². The van der Waals surface area contributed by atoms with Gasteiger partial charge in [-0.3, -0.25) is 4.90 Å². The van der Waals surface area contributed by atoms with Crippen molar-refractivity contribution in [3.63, 3.8) is 0 Å². The summed E-state index contributed by atoms with van der Waals surface area (Å²) in [6, 6.07) is 0. The van der Waals surface area contributed by atoms with Crippen LogP contribution < -0.4 is 5.73 Å². The van der Waals surface area contributed by atoms with Gasteiger partial charge in [0.1, 0.15) is 0 Å². The molecule has 0 atom stereocenters. The second kappa shape index (κ2) is 10.6. The first-order chi connectivity index (χ1) is 10.1. The van der Waals surface area contributed by atoms with Crippen LogP contribution in [0.2, 0.25) is 0 Å². The van der Waals surface area contributed by atoms with E-state index in [0.29, 0.717) is 0 Å². The molecule has 2 N–H and O–H groups in total. The highest BCUT2D eigenvalue weighted by Gasteiger charge is 2.32. The summed E-state index contributed by atoms with van der Waals surface area (Å²) < 4.78 is 0. The van der Waals surface area contributed by atoms with Crippen LogP contribution in [0.5, 0.6) is 0 Å². The van der Waals surface area contributed by atoms with Crippen molar-refractivity contribution < 1.29 is 0 Å². The van der Waals surface area contributed by atoms with Crippen LogP contribution in [0.3, 0.4) is 0 Å². The number of nitrogens with zero attached hydrogens (tertiary/aromatic N) is 2. The lowest BCUT2D eigenvalue weighted by molar-refractivity contribution is 0.0905. The van der Waals surface area contributed by atoms with Gasteiger partial charge in [-0.1, -0.05) is 57.8 Å². The summed E-state index contributed by atoms with van der Waals surface area (Å²) in [4.78, 5) is 4.84. The lowest BCUT2D eigenvalue weighted by Gasteiger charge is -2.42. The van der Waals surface area contributed by atoms with Gasteiger partial charge in [0, 0.05) is 25.2 Å². The molecule has 0 radical (unpaired) electrons. The minimum atomic E-state index is 0.245. The zero-order valence-corrected chi connectivity index (χ0v) is 14.9. The molecule has 0 unspecified atom stereocenters. The van der Waals surface area contributed by atoms with E-state index in [1.165, 1.54) is 70.6 Å². The molecule has 1 aliphatic rings. The summed E-state index contributed by atoms with van der Waals surface area (Å²) in [5.74, 6) is 0. The molecule has 0 saturated heterocycles. The van der Waals surface area contributed by atoms with Gasteiger partial charge in [-0.25, -0.2) is 0 Å². The lowest BCUT2D eigenvalue weighted by atomic mass is 9.84. The van der Waals surface area contributed by atoms with Crippen LogP contribution in [-0.2, 0) is 0 Å². The molecule has 0 heterocycles. The molecule has 0 bridgehead atoms. The van der Waals surface area contributed by atoms with E-state index in [9.17, 15) is 0 Å². The summed E-state index contributed by atoms with van der Waals surface area (Å²) in [7, 11) is 6.61. The maximum absolute atomic E-state index is 6.27. The molecule has 0 aromatic rings. The van der Waals surface area contributed by atoms with Gasteiger partial charge >= 0.3 is 0 Å². The van der Waals surface area contributed by atoms with Crippen molar-refractivity contribution >= 4 is 0 Å². The molecule has 1 aliphatic carbocycles. The molecule has 1 fully saturated rings. The smallest absolute Gasteiger partial charge is 0.0329 e. The summed E-state index contributed by atoms with van der Waals surface area (Å²) in [5.41, 5.74) is 6.52. The van der Waals surface area contributed by atoms with E-state index in [1.807, 2.05) is 0 Å². The van der Waals surface area contributed by atoms with Gasteiger partial charge in [-0.15, -0.1) is 0 Å². The molecule has 3 nitrogen and oxygen atoms in total. The largest absolute Gasteiger partial charge is 0.329 e. The Bertz CT molecular complexity index is 241. The molecule has 1 saturated carbocycles. The van der Waals surface area contributed by atoms with E-state index in [4.69, 9.17) is 5.73 Å². The Balaban J connectivity index is 2.61. The van der Waals surface area contributed by atoms with E-state index in [-0.39, 0.29) is 5.54 Å². The molecule has 0 spiro atoms. The monoisotopic (exact) mass is 297 g/mol. The average molecular weight is 298 g/mol. The molecule has 1 rings (SSSR count). The fourth-order valence-electron chi connectivity index (χ4n) is 3.60. The van der Waals surface area contributed by atoms with Crippen LogP contribution in [0.25, 0.3) is 0 Å². The Morgan fingerprint density at radius 2 is 1.14 bits per heavy atom. The summed E-state index contributed by atoms with van der Waals surface area (Å²) in [6.07, 6.45) is 15.2. The molecule has 3 heteroatoms. The molecule has 0 aliphatic heterocycles. The number of hydrogen-bond donors (Lipinski definition) is 1. The van der Waals surface area contributed by atoms with Crippen molar-refractivity contribution in [3.05, 3.63) is 0 Å². The van der Waals surface area contributed by atoms with Crippen LogP contribution in [0, 0.1) is 0 Å². The van der Waals surface area contributed by atoms with E-state index in [2.05, 4.69) is 30.9 Å². The second-order valence-corrected chi connectivity index (χ2v) is 7.34. The van der Waals surface area contributed by atoms with Crippen LogP contribution in [0.15, 0.2) is 0 Å². The zero-order chi connectivity index (χ0) is 15.6. The molecule has 0 aromatic heterocycles. The summed E-state index contributed by atoms with van der Waals surface area (Å²) in [6.45, 7) is 3.07. The first kappa shape index (κ1) is 18.9. The standard InChI is InChI=1S/C18H39N3/c1-20(2)15-16-21(3)18(17-19)13-11-9-7-5-4-6-8-10-12-14-18/h4-17,19H2,1-3H3. The van der Waals surface area contributed by atoms with Crippen LogP contribution >= 0.6 is 0 Å². The highest BCUT2D eigenvalue weighted by atomic mass is 15.2. The predicted molar refractivity (Wildman–Crippen MR) is 93.8 cm³/mol. The van der Waals surface area contributed by atoms with Crippen molar-refractivity contribution in [2.45, 2.75) is 76.2 Å². The minimum absolute atomic E-state index is 0.245. The Kier molecular flexibility index (Phi) is 9.54. The molecule has 0 aromatic carbocycles. The SMILES string of the molecule is CN(C)CCN(C)C1(CN)CCCCCCCCCCC1. The minimum Gasteiger partial charge on any atom is -0.329 e. The van der Waals surface area contributed by atoms with Crippen molar-refractivity contribution in [3.8, 4) is 0 Å². The van der Waals surface area contributed by atoms with Crippen molar-refractivity contribution in [2.75, 3.05) is 40.8 Å².